The number of carbonyl (C=O) groups excluding carboxylic acids is 1. The first-order valence-electron chi connectivity index (χ1n) is 7.41. The quantitative estimate of drug-likeness (QED) is 0.875. The average molecular weight is 258 g/mol. The van der Waals surface area contributed by atoms with Gasteiger partial charge in [0, 0.05) is 5.69 Å². The number of fused-ring (bicyclic) bond motifs is 1. The molecule has 1 saturated heterocycles. The summed E-state index contributed by atoms with van der Waals surface area (Å²) in [5.41, 5.74) is 2.18. The predicted molar refractivity (Wildman–Crippen MR) is 77.1 cm³/mol. The van der Waals surface area contributed by atoms with Crippen molar-refractivity contribution in [3.8, 4) is 0 Å². The molecule has 1 aromatic carbocycles. The number of aryl methyl sites for hydroxylation is 1. The van der Waals surface area contributed by atoms with Crippen molar-refractivity contribution in [2.75, 3.05) is 11.9 Å². The maximum Gasteiger partial charge on any atom is 0.241 e. The Bertz CT molecular complexity index is 472. The van der Waals surface area contributed by atoms with Gasteiger partial charge in [0.2, 0.25) is 5.91 Å². The fourth-order valence-corrected chi connectivity index (χ4v) is 3.64. The molecule has 0 radical (unpaired) electrons. The summed E-state index contributed by atoms with van der Waals surface area (Å²) in [7, 11) is 0. The van der Waals surface area contributed by atoms with E-state index in [1.54, 1.807) is 0 Å². The molecule has 0 spiro atoms. The molecule has 2 fully saturated rings. The molecule has 19 heavy (non-hydrogen) atoms. The minimum Gasteiger partial charge on any atom is -0.324 e. The van der Waals surface area contributed by atoms with Crippen molar-refractivity contribution in [3.63, 3.8) is 0 Å². The zero-order chi connectivity index (χ0) is 13.2. The molecular weight excluding hydrogens is 236 g/mol. The van der Waals surface area contributed by atoms with Crippen LogP contribution in [0.4, 0.5) is 5.69 Å². The predicted octanol–water partition coefficient (Wildman–Crippen LogP) is 2.58. The Morgan fingerprint density at radius 1 is 1.37 bits per heavy atom. The standard InChI is InChI=1S/C16H22N2O/c1-2-11-6-3-4-9-14(11)18-16(19)15-13-8-5-7-12(13)10-17-15/h3-4,6,9,12-13,15,17H,2,5,7-8,10H2,1H3,(H,18,19). The van der Waals surface area contributed by atoms with Crippen LogP contribution >= 0.6 is 0 Å². The average Bonchev–Trinajstić information content (AvgIpc) is 3.01. The van der Waals surface area contributed by atoms with Gasteiger partial charge in [-0.05, 0) is 49.3 Å². The highest BCUT2D eigenvalue weighted by molar-refractivity contribution is 5.96. The zero-order valence-electron chi connectivity index (χ0n) is 11.5. The number of carbonyl (C=O) groups is 1. The maximum absolute atomic E-state index is 12.5. The number of hydrogen-bond donors (Lipinski definition) is 2. The van der Waals surface area contributed by atoms with E-state index < -0.39 is 0 Å². The summed E-state index contributed by atoms with van der Waals surface area (Å²) in [6.45, 7) is 3.13. The van der Waals surface area contributed by atoms with E-state index in [0.717, 1.165) is 24.6 Å². The van der Waals surface area contributed by atoms with Crippen LogP contribution in [0.1, 0.15) is 31.7 Å². The summed E-state index contributed by atoms with van der Waals surface area (Å²) >= 11 is 0. The summed E-state index contributed by atoms with van der Waals surface area (Å²) in [5, 5.41) is 6.52. The highest BCUT2D eigenvalue weighted by atomic mass is 16.2. The maximum atomic E-state index is 12.5. The fraction of sp³-hybridized carbons (Fsp3) is 0.562. The van der Waals surface area contributed by atoms with Gasteiger partial charge in [-0.2, -0.15) is 0 Å². The number of amides is 1. The summed E-state index contributed by atoms with van der Waals surface area (Å²) in [6.07, 6.45) is 4.71. The molecule has 102 valence electrons. The largest absolute Gasteiger partial charge is 0.324 e. The van der Waals surface area contributed by atoms with Gasteiger partial charge >= 0.3 is 0 Å². The molecule has 1 aliphatic carbocycles. The van der Waals surface area contributed by atoms with Crippen LogP contribution in [0.5, 0.6) is 0 Å². The van der Waals surface area contributed by atoms with Crippen molar-refractivity contribution in [2.45, 2.75) is 38.6 Å². The lowest BCUT2D eigenvalue weighted by atomic mass is 9.93. The number of hydrogen-bond acceptors (Lipinski definition) is 2. The van der Waals surface area contributed by atoms with Crippen LogP contribution in [0.25, 0.3) is 0 Å². The highest BCUT2D eigenvalue weighted by Gasteiger charge is 2.42. The number of anilines is 1. The number of benzene rings is 1. The molecule has 3 unspecified atom stereocenters. The van der Waals surface area contributed by atoms with Crippen molar-refractivity contribution in [1.29, 1.82) is 0 Å². The minimum absolute atomic E-state index is 0.0115. The second-order valence-electron chi connectivity index (χ2n) is 5.74. The molecule has 1 saturated carbocycles. The second kappa shape index (κ2) is 5.33. The van der Waals surface area contributed by atoms with Gasteiger partial charge in [0.1, 0.15) is 0 Å². The molecule has 1 heterocycles. The molecule has 0 bridgehead atoms. The highest BCUT2D eigenvalue weighted by Crippen LogP contribution is 2.38. The van der Waals surface area contributed by atoms with Crippen molar-refractivity contribution in [3.05, 3.63) is 29.8 Å². The molecule has 2 aliphatic rings. The number of para-hydroxylation sites is 1. The molecule has 2 N–H and O–H groups in total. The van der Waals surface area contributed by atoms with Crippen LogP contribution in [0, 0.1) is 11.8 Å². The van der Waals surface area contributed by atoms with E-state index in [9.17, 15) is 4.79 Å². The first-order valence-corrected chi connectivity index (χ1v) is 7.41. The monoisotopic (exact) mass is 258 g/mol. The van der Waals surface area contributed by atoms with Crippen LogP contribution in [0.15, 0.2) is 24.3 Å². The van der Waals surface area contributed by atoms with Gasteiger partial charge in [-0.25, -0.2) is 0 Å². The Hall–Kier alpha value is -1.35. The second-order valence-corrected chi connectivity index (χ2v) is 5.74. The summed E-state index contributed by atoms with van der Waals surface area (Å²) < 4.78 is 0. The summed E-state index contributed by atoms with van der Waals surface area (Å²) in [5.74, 6) is 1.42. The van der Waals surface area contributed by atoms with Crippen LogP contribution < -0.4 is 10.6 Å². The summed E-state index contributed by atoms with van der Waals surface area (Å²) in [4.78, 5) is 12.5. The van der Waals surface area contributed by atoms with Crippen LogP contribution in [-0.2, 0) is 11.2 Å². The van der Waals surface area contributed by atoms with Gasteiger partial charge in [-0.3, -0.25) is 4.79 Å². The van der Waals surface area contributed by atoms with E-state index in [4.69, 9.17) is 0 Å². The Morgan fingerprint density at radius 2 is 2.21 bits per heavy atom. The Morgan fingerprint density at radius 3 is 3.05 bits per heavy atom. The molecule has 3 rings (SSSR count). The van der Waals surface area contributed by atoms with Crippen molar-refractivity contribution in [2.24, 2.45) is 11.8 Å². The molecule has 1 aliphatic heterocycles. The molecule has 1 aromatic rings. The third kappa shape index (κ3) is 2.39. The lowest BCUT2D eigenvalue weighted by molar-refractivity contribution is -0.118. The van der Waals surface area contributed by atoms with E-state index >= 15 is 0 Å². The van der Waals surface area contributed by atoms with Gasteiger partial charge in [0.15, 0.2) is 0 Å². The molecule has 3 atom stereocenters. The van der Waals surface area contributed by atoms with Gasteiger partial charge in [0.25, 0.3) is 0 Å². The lowest BCUT2D eigenvalue weighted by Gasteiger charge is -2.18. The van der Waals surface area contributed by atoms with E-state index in [2.05, 4.69) is 23.6 Å². The van der Waals surface area contributed by atoms with Crippen LogP contribution in [-0.4, -0.2) is 18.5 Å². The number of rotatable bonds is 3. The van der Waals surface area contributed by atoms with Gasteiger partial charge < -0.3 is 10.6 Å². The Kier molecular flexibility index (Phi) is 3.56. The Balaban J connectivity index is 1.71. The lowest BCUT2D eigenvalue weighted by Crippen LogP contribution is -2.39. The third-order valence-electron chi connectivity index (χ3n) is 4.68. The normalized spacial score (nSPS) is 29.2. The molecule has 3 nitrogen and oxygen atoms in total. The first-order chi connectivity index (χ1) is 9.29. The Labute approximate surface area is 114 Å². The zero-order valence-corrected chi connectivity index (χ0v) is 11.5. The van der Waals surface area contributed by atoms with E-state index in [1.165, 1.54) is 24.8 Å². The van der Waals surface area contributed by atoms with Crippen molar-refractivity contribution < 1.29 is 4.79 Å². The van der Waals surface area contributed by atoms with Crippen LogP contribution in [0.3, 0.4) is 0 Å². The number of nitrogens with one attached hydrogen (secondary N) is 2. The fourth-order valence-electron chi connectivity index (χ4n) is 3.64. The van der Waals surface area contributed by atoms with Crippen molar-refractivity contribution >= 4 is 11.6 Å². The molecule has 1 amide bonds. The van der Waals surface area contributed by atoms with Gasteiger partial charge in [-0.15, -0.1) is 0 Å². The SMILES string of the molecule is CCc1ccccc1NC(=O)C1NCC2CCCC21. The minimum atomic E-state index is 0.0115. The van der Waals surface area contributed by atoms with Gasteiger partial charge in [0.05, 0.1) is 6.04 Å². The molecule has 3 heteroatoms. The van der Waals surface area contributed by atoms with Gasteiger partial charge in [-0.1, -0.05) is 31.5 Å². The molecular formula is C16H22N2O. The smallest absolute Gasteiger partial charge is 0.241 e. The van der Waals surface area contributed by atoms with Crippen molar-refractivity contribution in [1.82, 2.24) is 5.32 Å². The van der Waals surface area contributed by atoms with E-state index in [0.29, 0.717) is 5.92 Å². The topological polar surface area (TPSA) is 41.1 Å². The van der Waals surface area contributed by atoms with E-state index in [1.807, 2.05) is 18.2 Å². The molecule has 0 aromatic heterocycles. The summed E-state index contributed by atoms with van der Waals surface area (Å²) in [6, 6.07) is 8.09. The first kappa shape index (κ1) is 12.7. The van der Waals surface area contributed by atoms with Crippen LogP contribution in [0.2, 0.25) is 0 Å². The third-order valence-corrected chi connectivity index (χ3v) is 4.68. The van der Waals surface area contributed by atoms with E-state index in [-0.39, 0.29) is 11.9 Å².